The van der Waals surface area contributed by atoms with Crippen molar-refractivity contribution >= 4 is 5.91 Å². The summed E-state index contributed by atoms with van der Waals surface area (Å²) in [5.41, 5.74) is 2.36. The Morgan fingerprint density at radius 1 is 0.774 bits per heavy atom. The third kappa shape index (κ3) is 6.30. The van der Waals surface area contributed by atoms with Crippen LogP contribution in [0.25, 0.3) is 0 Å². The number of hydrogen-bond acceptors (Lipinski definition) is 5. The quantitative estimate of drug-likeness (QED) is 0.562. The average molecular weight is 418 g/mol. The number of ether oxygens (including phenoxy) is 2. The second-order valence-corrected chi connectivity index (χ2v) is 7.55. The van der Waals surface area contributed by atoms with Crippen LogP contribution in [0.3, 0.4) is 0 Å². The molecule has 0 N–H and O–H groups in total. The lowest BCUT2D eigenvalue weighted by Crippen LogP contribution is -2.49. The molecule has 6 nitrogen and oxygen atoms in total. The molecule has 31 heavy (non-hydrogen) atoms. The Balaban J connectivity index is 1.17. The van der Waals surface area contributed by atoms with Gasteiger partial charge in [-0.2, -0.15) is 0 Å². The van der Waals surface area contributed by atoms with E-state index in [9.17, 15) is 4.79 Å². The molecule has 6 heteroatoms. The molecular formula is C25H27N3O3. The summed E-state index contributed by atoms with van der Waals surface area (Å²) in [5, 5.41) is 0. The van der Waals surface area contributed by atoms with Gasteiger partial charge >= 0.3 is 0 Å². The van der Waals surface area contributed by atoms with E-state index in [1.165, 1.54) is 5.56 Å². The number of rotatable bonds is 8. The summed E-state index contributed by atoms with van der Waals surface area (Å²) in [6, 6.07) is 21.5. The Labute approximate surface area is 183 Å². The molecular weight excluding hydrogens is 390 g/mol. The van der Waals surface area contributed by atoms with Crippen molar-refractivity contribution in [1.29, 1.82) is 0 Å². The predicted octanol–water partition coefficient (Wildman–Crippen LogP) is 3.38. The van der Waals surface area contributed by atoms with Crippen LogP contribution in [0, 0.1) is 0 Å². The van der Waals surface area contributed by atoms with Crippen molar-refractivity contribution < 1.29 is 14.3 Å². The number of pyridine rings is 1. The number of carbonyl (C=O) groups excluding carboxylic acids is 1. The van der Waals surface area contributed by atoms with E-state index in [-0.39, 0.29) is 12.5 Å². The maximum absolute atomic E-state index is 12.5. The monoisotopic (exact) mass is 417 g/mol. The fraction of sp³-hybridized carbons (Fsp3) is 0.280. The first-order valence-electron chi connectivity index (χ1n) is 10.5. The van der Waals surface area contributed by atoms with Crippen LogP contribution >= 0.6 is 0 Å². The molecule has 0 saturated carbocycles. The third-order valence-corrected chi connectivity index (χ3v) is 5.31. The van der Waals surface area contributed by atoms with Crippen LogP contribution in [0.2, 0.25) is 0 Å². The molecule has 1 aromatic heterocycles. The summed E-state index contributed by atoms with van der Waals surface area (Å²) in [7, 11) is 0. The lowest BCUT2D eigenvalue weighted by Gasteiger charge is -2.34. The van der Waals surface area contributed by atoms with E-state index in [0.717, 1.165) is 44.0 Å². The average Bonchev–Trinajstić information content (AvgIpc) is 2.84. The molecule has 0 unspecified atom stereocenters. The SMILES string of the molecule is O=C(COc1ccc(OCc2ccccc2)cc1)N1CCN(Cc2ccncc2)CC1. The van der Waals surface area contributed by atoms with Gasteiger partial charge in [0, 0.05) is 45.1 Å². The lowest BCUT2D eigenvalue weighted by molar-refractivity contribution is -0.135. The van der Waals surface area contributed by atoms with E-state index in [0.29, 0.717) is 12.4 Å². The van der Waals surface area contributed by atoms with E-state index in [2.05, 4.69) is 9.88 Å². The van der Waals surface area contributed by atoms with Crippen molar-refractivity contribution in [2.24, 2.45) is 0 Å². The van der Waals surface area contributed by atoms with Crippen LogP contribution in [0.15, 0.2) is 79.1 Å². The minimum absolute atomic E-state index is 0.0213. The van der Waals surface area contributed by atoms with Gasteiger partial charge in [-0.3, -0.25) is 14.7 Å². The molecule has 1 fully saturated rings. The number of aromatic nitrogens is 1. The van der Waals surface area contributed by atoms with Crippen LogP contribution in [-0.4, -0.2) is 53.5 Å². The maximum Gasteiger partial charge on any atom is 0.260 e. The minimum atomic E-state index is 0.0213. The summed E-state index contributed by atoms with van der Waals surface area (Å²) in [6.45, 7) is 4.63. The van der Waals surface area contributed by atoms with Gasteiger partial charge in [-0.05, 0) is 47.5 Å². The molecule has 4 rings (SSSR count). The zero-order valence-electron chi connectivity index (χ0n) is 17.5. The van der Waals surface area contributed by atoms with Crippen molar-refractivity contribution in [2.75, 3.05) is 32.8 Å². The van der Waals surface area contributed by atoms with Crippen LogP contribution in [-0.2, 0) is 17.9 Å². The van der Waals surface area contributed by atoms with Gasteiger partial charge in [-0.1, -0.05) is 30.3 Å². The molecule has 0 spiro atoms. The van der Waals surface area contributed by atoms with E-state index < -0.39 is 0 Å². The van der Waals surface area contributed by atoms with Crippen molar-refractivity contribution in [3.05, 3.63) is 90.3 Å². The summed E-state index contributed by atoms with van der Waals surface area (Å²) in [6.07, 6.45) is 3.63. The molecule has 0 aliphatic carbocycles. The van der Waals surface area contributed by atoms with Gasteiger partial charge in [0.25, 0.3) is 5.91 Å². The molecule has 2 heterocycles. The predicted molar refractivity (Wildman–Crippen MR) is 119 cm³/mol. The van der Waals surface area contributed by atoms with E-state index in [1.54, 1.807) is 0 Å². The van der Waals surface area contributed by atoms with Crippen molar-refractivity contribution in [2.45, 2.75) is 13.2 Å². The van der Waals surface area contributed by atoms with E-state index in [4.69, 9.17) is 9.47 Å². The van der Waals surface area contributed by atoms with Gasteiger partial charge in [0.2, 0.25) is 0 Å². The number of hydrogen-bond donors (Lipinski definition) is 0. The van der Waals surface area contributed by atoms with E-state index in [1.807, 2.05) is 84.0 Å². The first-order chi connectivity index (χ1) is 15.3. The van der Waals surface area contributed by atoms with Gasteiger partial charge in [0.05, 0.1) is 0 Å². The zero-order valence-corrected chi connectivity index (χ0v) is 17.5. The molecule has 2 aromatic carbocycles. The van der Waals surface area contributed by atoms with Gasteiger partial charge in [-0.15, -0.1) is 0 Å². The minimum Gasteiger partial charge on any atom is -0.489 e. The third-order valence-electron chi connectivity index (χ3n) is 5.31. The molecule has 3 aromatic rings. The number of piperazine rings is 1. The second-order valence-electron chi connectivity index (χ2n) is 7.55. The highest BCUT2D eigenvalue weighted by atomic mass is 16.5. The van der Waals surface area contributed by atoms with Gasteiger partial charge < -0.3 is 14.4 Å². The summed E-state index contributed by atoms with van der Waals surface area (Å²) in [4.78, 5) is 20.8. The Morgan fingerprint density at radius 3 is 2.10 bits per heavy atom. The Hall–Kier alpha value is -3.38. The normalized spacial score (nSPS) is 14.3. The second kappa shape index (κ2) is 10.6. The van der Waals surface area contributed by atoms with Crippen LogP contribution in [0.5, 0.6) is 11.5 Å². The molecule has 1 saturated heterocycles. The molecule has 160 valence electrons. The smallest absolute Gasteiger partial charge is 0.260 e. The molecule has 0 atom stereocenters. The summed E-state index contributed by atoms with van der Waals surface area (Å²) < 4.78 is 11.5. The molecule has 1 amide bonds. The number of nitrogens with zero attached hydrogens (tertiary/aromatic N) is 3. The highest BCUT2D eigenvalue weighted by molar-refractivity contribution is 5.77. The highest BCUT2D eigenvalue weighted by Gasteiger charge is 2.21. The van der Waals surface area contributed by atoms with Crippen LogP contribution in [0.4, 0.5) is 0 Å². The fourth-order valence-electron chi connectivity index (χ4n) is 3.51. The number of benzene rings is 2. The Kier molecular flexibility index (Phi) is 7.13. The van der Waals surface area contributed by atoms with Gasteiger partial charge in [0.1, 0.15) is 18.1 Å². The number of amides is 1. The van der Waals surface area contributed by atoms with Crippen LogP contribution < -0.4 is 9.47 Å². The van der Waals surface area contributed by atoms with Gasteiger partial charge in [0.15, 0.2) is 6.61 Å². The summed E-state index contributed by atoms with van der Waals surface area (Å²) in [5.74, 6) is 1.46. The molecule has 0 radical (unpaired) electrons. The molecule has 0 bridgehead atoms. The van der Waals surface area contributed by atoms with Crippen molar-refractivity contribution in [1.82, 2.24) is 14.8 Å². The maximum atomic E-state index is 12.5. The molecule has 1 aliphatic heterocycles. The van der Waals surface area contributed by atoms with Gasteiger partial charge in [-0.25, -0.2) is 0 Å². The Morgan fingerprint density at radius 2 is 1.42 bits per heavy atom. The Bertz CT molecular complexity index is 941. The molecule has 1 aliphatic rings. The number of carbonyl (C=O) groups is 1. The largest absolute Gasteiger partial charge is 0.489 e. The lowest BCUT2D eigenvalue weighted by atomic mass is 10.2. The standard InChI is InChI=1S/C25H27N3O3/c29-25(28-16-14-27(15-17-28)18-21-10-12-26-13-11-21)20-31-24-8-6-23(7-9-24)30-19-22-4-2-1-3-5-22/h1-13H,14-20H2. The topological polar surface area (TPSA) is 54.9 Å². The zero-order chi connectivity index (χ0) is 21.3. The fourth-order valence-corrected chi connectivity index (χ4v) is 3.51. The first-order valence-corrected chi connectivity index (χ1v) is 10.5. The van der Waals surface area contributed by atoms with Crippen molar-refractivity contribution in [3.8, 4) is 11.5 Å². The van der Waals surface area contributed by atoms with Crippen LogP contribution in [0.1, 0.15) is 11.1 Å². The summed E-state index contributed by atoms with van der Waals surface area (Å²) >= 11 is 0. The van der Waals surface area contributed by atoms with Crippen molar-refractivity contribution in [3.63, 3.8) is 0 Å². The van der Waals surface area contributed by atoms with E-state index >= 15 is 0 Å². The first kappa shape index (κ1) is 20.9. The highest BCUT2D eigenvalue weighted by Crippen LogP contribution is 2.19.